The van der Waals surface area contributed by atoms with Crippen LogP contribution in [0.2, 0.25) is 5.02 Å². The highest BCUT2D eigenvalue weighted by molar-refractivity contribution is 7.92. The molecule has 0 spiro atoms. The minimum Gasteiger partial charge on any atom is -0.494 e. The molecule has 4 heterocycles. The van der Waals surface area contributed by atoms with E-state index in [1.165, 1.54) is 12.4 Å². The van der Waals surface area contributed by atoms with E-state index in [2.05, 4.69) is 70.0 Å². The number of fused-ring (bicyclic) bond motifs is 1. The monoisotopic (exact) mass is 666 g/mol. The van der Waals surface area contributed by atoms with Crippen molar-refractivity contribution in [2.24, 2.45) is 0 Å². The molecule has 2 fully saturated rings. The topological polar surface area (TPSA) is 141 Å². The van der Waals surface area contributed by atoms with E-state index in [0.717, 1.165) is 69.6 Å². The van der Waals surface area contributed by atoms with E-state index < -0.39 is 10.0 Å². The van der Waals surface area contributed by atoms with E-state index in [1.807, 2.05) is 6.07 Å². The molecule has 15 heteroatoms. The van der Waals surface area contributed by atoms with Crippen molar-refractivity contribution in [2.75, 3.05) is 79.9 Å². The highest BCUT2D eigenvalue weighted by atomic mass is 35.5. The molecule has 244 valence electrons. The number of nitrogens with one attached hydrogen (secondary N) is 3. The Morgan fingerprint density at radius 2 is 1.70 bits per heavy atom. The van der Waals surface area contributed by atoms with Gasteiger partial charge in [-0.3, -0.25) is 19.6 Å². The minimum absolute atomic E-state index is 0.234. The van der Waals surface area contributed by atoms with E-state index in [1.54, 1.807) is 25.4 Å². The molecule has 4 aromatic rings. The number of aromatic nitrogens is 4. The van der Waals surface area contributed by atoms with E-state index in [9.17, 15) is 8.42 Å². The number of piperazine rings is 1. The van der Waals surface area contributed by atoms with Gasteiger partial charge < -0.3 is 25.2 Å². The lowest BCUT2D eigenvalue weighted by molar-refractivity contribution is 0.0982. The van der Waals surface area contributed by atoms with Gasteiger partial charge in [0, 0.05) is 69.5 Å². The molecule has 0 unspecified atom stereocenters. The number of sulfonamides is 1. The lowest BCUT2D eigenvalue weighted by atomic mass is 10.0. The number of likely N-dealkylation sites (N-methyl/N-ethyl adjacent to an activating group) is 1. The molecule has 46 heavy (non-hydrogen) atoms. The summed E-state index contributed by atoms with van der Waals surface area (Å²) in [5.74, 6) is 1.22. The Balaban J connectivity index is 1.20. The van der Waals surface area contributed by atoms with E-state index in [0.29, 0.717) is 34.2 Å². The maximum absolute atomic E-state index is 12.2. The largest absolute Gasteiger partial charge is 0.494 e. The van der Waals surface area contributed by atoms with Crippen LogP contribution in [0.3, 0.4) is 0 Å². The van der Waals surface area contributed by atoms with Gasteiger partial charge in [-0.25, -0.2) is 13.4 Å². The summed E-state index contributed by atoms with van der Waals surface area (Å²) in [5, 5.41) is 6.66. The molecule has 0 bridgehead atoms. The number of piperidine rings is 1. The first-order valence-corrected chi connectivity index (χ1v) is 17.5. The van der Waals surface area contributed by atoms with Crippen LogP contribution < -0.4 is 25.0 Å². The molecule has 0 amide bonds. The summed E-state index contributed by atoms with van der Waals surface area (Å²) in [6, 6.07) is 8.18. The molecule has 6 rings (SSSR count). The fourth-order valence-corrected chi connectivity index (χ4v) is 6.85. The van der Waals surface area contributed by atoms with Gasteiger partial charge in [-0.2, -0.15) is 4.98 Å². The van der Waals surface area contributed by atoms with E-state index in [4.69, 9.17) is 16.3 Å². The van der Waals surface area contributed by atoms with Crippen LogP contribution >= 0.6 is 11.6 Å². The van der Waals surface area contributed by atoms with Crippen LogP contribution in [0.15, 0.2) is 42.9 Å². The van der Waals surface area contributed by atoms with Crippen LogP contribution in [-0.4, -0.2) is 104 Å². The molecule has 2 aromatic carbocycles. The molecular weight excluding hydrogens is 628 g/mol. The molecule has 2 aliphatic heterocycles. The molecule has 0 saturated carbocycles. The maximum atomic E-state index is 12.2. The maximum Gasteiger partial charge on any atom is 0.229 e. The first-order valence-electron chi connectivity index (χ1n) is 15.2. The highest BCUT2D eigenvalue weighted by Crippen LogP contribution is 2.37. The molecule has 0 atom stereocenters. The summed E-state index contributed by atoms with van der Waals surface area (Å²) < 4.78 is 32.8. The van der Waals surface area contributed by atoms with Crippen molar-refractivity contribution in [1.29, 1.82) is 0 Å². The lowest BCUT2D eigenvalue weighted by Crippen LogP contribution is -2.52. The first kappa shape index (κ1) is 32.0. The fourth-order valence-electron chi connectivity index (χ4n) is 6.14. The third-order valence-corrected chi connectivity index (χ3v) is 9.40. The summed E-state index contributed by atoms with van der Waals surface area (Å²) in [7, 11) is 0.211. The Morgan fingerprint density at radius 3 is 2.41 bits per heavy atom. The number of aryl methyl sites for hydroxylation is 1. The number of rotatable bonds is 9. The molecule has 2 aliphatic rings. The molecule has 2 saturated heterocycles. The van der Waals surface area contributed by atoms with Crippen LogP contribution in [0.1, 0.15) is 18.4 Å². The van der Waals surface area contributed by atoms with Crippen molar-refractivity contribution in [1.82, 2.24) is 29.7 Å². The first-order chi connectivity index (χ1) is 22.1. The van der Waals surface area contributed by atoms with Gasteiger partial charge >= 0.3 is 0 Å². The van der Waals surface area contributed by atoms with Crippen LogP contribution in [0.4, 0.5) is 34.5 Å². The third kappa shape index (κ3) is 7.20. The quantitative estimate of drug-likeness (QED) is 0.232. The van der Waals surface area contributed by atoms with Crippen molar-refractivity contribution < 1.29 is 13.2 Å². The van der Waals surface area contributed by atoms with Crippen molar-refractivity contribution in [2.45, 2.75) is 25.8 Å². The number of ether oxygens (including phenoxy) is 1. The van der Waals surface area contributed by atoms with Crippen LogP contribution in [0, 0.1) is 6.92 Å². The van der Waals surface area contributed by atoms with Gasteiger partial charge in [0.05, 0.1) is 42.1 Å². The zero-order valence-electron chi connectivity index (χ0n) is 26.4. The second-order valence-corrected chi connectivity index (χ2v) is 14.0. The van der Waals surface area contributed by atoms with Gasteiger partial charge in [0.25, 0.3) is 0 Å². The van der Waals surface area contributed by atoms with Crippen LogP contribution in [-0.2, 0) is 10.0 Å². The second kappa shape index (κ2) is 13.4. The Kier molecular flexibility index (Phi) is 9.32. The van der Waals surface area contributed by atoms with Gasteiger partial charge in [0.15, 0.2) is 5.82 Å². The summed E-state index contributed by atoms with van der Waals surface area (Å²) >= 11 is 6.49. The Morgan fingerprint density at radius 1 is 0.957 bits per heavy atom. The summed E-state index contributed by atoms with van der Waals surface area (Å²) in [4.78, 5) is 25.1. The molecule has 3 N–H and O–H groups in total. The van der Waals surface area contributed by atoms with Crippen molar-refractivity contribution in [3.05, 3.63) is 53.4 Å². The average molecular weight is 667 g/mol. The highest BCUT2D eigenvalue weighted by Gasteiger charge is 2.28. The summed E-state index contributed by atoms with van der Waals surface area (Å²) in [6.45, 7) is 8.67. The van der Waals surface area contributed by atoms with Gasteiger partial charge in [0.2, 0.25) is 16.0 Å². The Hall–Kier alpha value is -3.98. The SMILES string of the molecule is COc1cc(N2CCC(N3CCN(C)CC3)CC2)c(C)cc1Nc1ncc(Cl)c(Nc2ccc3nccnc3c2NS(C)(=O)=O)n1. The van der Waals surface area contributed by atoms with Gasteiger partial charge in [-0.1, -0.05) is 11.6 Å². The number of halogens is 1. The van der Waals surface area contributed by atoms with Crippen molar-refractivity contribution in [3.8, 4) is 5.75 Å². The number of hydrogen-bond donors (Lipinski definition) is 3. The van der Waals surface area contributed by atoms with E-state index >= 15 is 0 Å². The predicted octanol–water partition coefficient (Wildman–Crippen LogP) is 4.47. The number of benzene rings is 2. The number of anilines is 6. The minimum atomic E-state index is -3.63. The standard InChI is InChI=1S/C31H39ClN10O3S/c1-20-17-25(27(45-3)18-26(20)42-11-7-21(8-12-42)41-15-13-40(2)14-16-41)37-31-35-19-22(32)30(38-31)36-24-6-5-23-28(34-10-9-33-23)29(24)39-46(4,43)44/h5-6,9-10,17-19,21,39H,7-8,11-16H2,1-4H3,(H2,35,36,37,38). The molecule has 2 aromatic heterocycles. The van der Waals surface area contributed by atoms with E-state index in [-0.39, 0.29) is 22.5 Å². The van der Waals surface area contributed by atoms with Gasteiger partial charge in [-0.15, -0.1) is 0 Å². The second-order valence-electron chi connectivity index (χ2n) is 11.8. The van der Waals surface area contributed by atoms with Crippen molar-refractivity contribution >= 4 is 67.2 Å². The zero-order valence-corrected chi connectivity index (χ0v) is 28.0. The molecule has 0 radical (unpaired) electrons. The number of methoxy groups -OCH3 is 1. The smallest absolute Gasteiger partial charge is 0.229 e. The van der Waals surface area contributed by atoms with Crippen molar-refractivity contribution in [3.63, 3.8) is 0 Å². The van der Waals surface area contributed by atoms with Crippen LogP contribution in [0.25, 0.3) is 11.0 Å². The summed E-state index contributed by atoms with van der Waals surface area (Å²) in [6.07, 6.45) is 7.87. The Labute approximate surface area is 274 Å². The normalized spacial score (nSPS) is 16.8. The van der Waals surface area contributed by atoms with Crippen LogP contribution in [0.5, 0.6) is 5.75 Å². The molecular formula is C31H39ClN10O3S. The third-order valence-electron chi connectivity index (χ3n) is 8.55. The van der Waals surface area contributed by atoms with Gasteiger partial charge in [-0.05, 0) is 50.6 Å². The lowest BCUT2D eigenvalue weighted by Gasteiger charge is -2.43. The molecule has 13 nitrogen and oxygen atoms in total. The predicted molar refractivity (Wildman–Crippen MR) is 184 cm³/mol. The number of hydrogen-bond acceptors (Lipinski definition) is 12. The van der Waals surface area contributed by atoms with Gasteiger partial charge in [0.1, 0.15) is 16.3 Å². The summed E-state index contributed by atoms with van der Waals surface area (Å²) in [5.41, 5.74) is 4.53. The average Bonchev–Trinajstić information content (AvgIpc) is 3.04. The fraction of sp³-hybridized carbons (Fsp3) is 0.419. The number of nitrogens with zero attached hydrogens (tertiary/aromatic N) is 7. The molecule has 0 aliphatic carbocycles. The Bertz CT molecular complexity index is 1830. The zero-order chi connectivity index (χ0) is 32.4.